The fourth-order valence-electron chi connectivity index (χ4n) is 3.33. The first-order valence-corrected chi connectivity index (χ1v) is 8.20. The molecule has 2 heterocycles. The molecule has 0 unspecified atom stereocenters. The van der Waals surface area contributed by atoms with Crippen molar-refractivity contribution in [2.45, 2.75) is 20.4 Å². The maximum atomic E-state index is 9.44. The first kappa shape index (κ1) is 15.2. The van der Waals surface area contributed by atoms with Gasteiger partial charge in [0.1, 0.15) is 18.2 Å². The van der Waals surface area contributed by atoms with E-state index in [0.717, 1.165) is 51.4 Å². The molecule has 0 amide bonds. The monoisotopic (exact) mass is 325 g/mol. The molecular formula is C19H23N3O2. The van der Waals surface area contributed by atoms with E-state index in [2.05, 4.69) is 41.2 Å². The summed E-state index contributed by atoms with van der Waals surface area (Å²) in [5, 5.41) is 9.44. The quantitative estimate of drug-likeness (QED) is 0.759. The van der Waals surface area contributed by atoms with Crippen LogP contribution in [0.2, 0.25) is 0 Å². The Balaban J connectivity index is 0.00000182. The standard InChI is InChI=1S/C19H21N3O2.H2/c1-12-7-15(9-17-19(12)21-13(2)20-17)14-3-4-18-16(8-14)10-22(11-23)5-6-24-18;/h3-4,7-9,23H,5-6,10-11H2,1-2H3,(H,20,21);1H. The third kappa shape index (κ3) is 2.66. The number of ether oxygens (including phenoxy) is 1. The van der Waals surface area contributed by atoms with E-state index in [1.54, 1.807) is 0 Å². The van der Waals surface area contributed by atoms with Crippen molar-refractivity contribution in [2.75, 3.05) is 19.9 Å². The fraction of sp³-hybridized carbons (Fsp3) is 0.316. The Bertz CT molecular complexity index is 907. The van der Waals surface area contributed by atoms with Crippen molar-refractivity contribution in [1.29, 1.82) is 0 Å². The molecule has 0 aliphatic carbocycles. The van der Waals surface area contributed by atoms with Gasteiger partial charge in [0, 0.05) is 20.1 Å². The minimum atomic E-state index is 0. The van der Waals surface area contributed by atoms with Crippen molar-refractivity contribution in [3.8, 4) is 16.9 Å². The lowest BCUT2D eigenvalue weighted by Gasteiger charge is -2.15. The average Bonchev–Trinajstić information content (AvgIpc) is 2.83. The van der Waals surface area contributed by atoms with Gasteiger partial charge in [-0.2, -0.15) is 0 Å². The molecule has 2 aromatic carbocycles. The number of nitrogens with zero attached hydrogens (tertiary/aromatic N) is 2. The Labute approximate surface area is 142 Å². The molecule has 24 heavy (non-hydrogen) atoms. The topological polar surface area (TPSA) is 61.4 Å². The van der Waals surface area contributed by atoms with Gasteiger partial charge in [-0.1, -0.05) is 6.07 Å². The summed E-state index contributed by atoms with van der Waals surface area (Å²) in [5.41, 5.74) is 6.67. The molecule has 5 nitrogen and oxygen atoms in total. The number of hydrogen-bond donors (Lipinski definition) is 2. The second kappa shape index (κ2) is 5.92. The molecule has 0 bridgehead atoms. The smallest absolute Gasteiger partial charge is 0.123 e. The largest absolute Gasteiger partial charge is 0.492 e. The molecule has 0 saturated carbocycles. The zero-order valence-corrected chi connectivity index (χ0v) is 14.0. The van der Waals surface area contributed by atoms with Crippen LogP contribution in [0.1, 0.15) is 18.4 Å². The fourth-order valence-corrected chi connectivity index (χ4v) is 3.33. The van der Waals surface area contributed by atoms with E-state index < -0.39 is 0 Å². The van der Waals surface area contributed by atoms with Crippen LogP contribution in [0, 0.1) is 13.8 Å². The van der Waals surface area contributed by atoms with E-state index in [-0.39, 0.29) is 8.16 Å². The molecule has 0 radical (unpaired) electrons. The molecular weight excluding hydrogens is 302 g/mol. The predicted molar refractivity (Wildman–Crippen MR) is 96.1 cm³/mol. The summed E-state index contributed by atoms with van der Waals surface area (Å²) < 4.78 is 5.80. The summed E-state index contributed by atoms with van der Waals surface area (Å²) >= 11 is 0. The van der Waals surface area contributed by atoms with Gasteiger partial charge in [0.05, 0.1) is 17.8 Å². The number of hydrogen-bond acceptors (Lipinski definition) is 4. The second-order valence-corrected chi connectivity index (χ2v) is 6.38. The van der Waals surface area contributed by atoms with Crippen LogP contribution in [-0.2, 0) is 6.54 Å². The summed E-state index contributed by atoms with van der Waals surface area (Å²) in [7, 11) is 0. The van der Waals surface area contributed by atoms with Gasteiger partial charge in [-0.3, -0.25) is 4.90 Å². The van der Waals surface area contributed by atoms with Crippen molar-refractivity contribution in [3.63, 3.8) is 0 Å². The zero-order valence-electron chi connectivity index (χ0n) is 14.0. The van der Waals surface area contributed by atoms with Gasteiger partial charge in [0.25, 0.3) is 0 Å². The van der Waals surface area contributed by atoms with E-state index in [1.807, 2.05) is 17.9 Å². The Kier molecular flexibility index (Phi) is 3.75. The number of nitrogens with one attached hydrogen (secondary N) is 1. The van der Waals surface area contributed by atoms with Gasteiger partial charge in [0.15, 0.2) is 0 Å². The molecule has 0 atom stereocenters. The minimum absolute atomic E-state index is 0. The number of rotatable bonds is 2. The van der Waals surface area contributed by atoms with E-state index in [4.69, 9.17) is 4.74 Å². The van der Waals surface area contributed by atoms with Crippen LogP contribution >= 0.6 is 0 Å². The molecule has 4 rings (SSSR count). The molecule has 3 aromatic rings. The first-order chi connectivity index (χ1) is 11.6. The highest BCUT2D eigenvalue weighted by Crippen LogP contribution is 2.31. The van der Waals surface area contributed by atoms with Gasteiger partial charge in [-0.05, 0) is 54.8 Å². The summed E-state index contributed by atoms with van der Waals surface area (Å²) in [6.07, 6.45) is 0. The van der Waals surface area contributed by atoms with Crippen LogP contribution in [-0.4, -0.2) is 39.9 Å². The van der Waals surface area contributed by atoms with Gasteiger partial charge >= 0.3 is 0 Å². The number of fused-ring (bicyclic) bond motifs is 2. The summed E-state index contributed by atoms with van der Waals surface area (Å²) in [5.74, 6) is 1.84. The number of aliphatic hydroxyl groups excluding tert-OH is 1. The van der Waals surface area contributed by atoms with Crippen LogP contribution in [0.25, 0.3) is 22.2 Å². The van der Waals surface area contributed by atoms with Crippen LogP contribution in [0.15, 0.2) is 30.3 Å². The number of benzene rings is 2. The second-order valence-electron chi connectivity index (χ2n) is 6.38. The van der Waals surface area contributed by atoms with Crippen LogP contribution in [0.5, 0.6) is 5.75 Å². The molecule has 1 aliphatic heterocycles. The average molecular weight is 325 g/mol. The molecule has 0 spiro atoms. The predicted octanol–water partition coefficient (Wildman–Crippen LogP) is 3.24. The molecule has 1 aliphatic rings. The minimum Gasteiger partial charge on any atom is -0.492 e. The summed E-state index contributed by atoms with van der Waals surface area (Å²) in [6, 6.07) is 10.6. The molecule has 2 N–H and O–H groups in total. The summed E-state index contributed by atoms with van der Waals surface area (Å²) in [4.78, 5) is 9.84. The molecule has 0 fully saturated rings. The lowest BCUT2D eigenvalue weighted by molar-refractivity contribution is 0.0945. The van der Waals surface area contributed by atoms with E-state index in [1.165, 1.54) is 0 Å². The molecule has 0 saturated heterocycles. The number of aliphatic hydroxyl groups is 1. The van der Waals surface area contributed by atoms with E-state index >= 15 is 0 Å². The Morgan fingerprint density at radius 2 is 2.12 bits per heavy atom. The first-order valence-electron chi connectivity index (χ1n) is 8.20. The van der Waals surface area contributed by atoms with Crippen LogP contribution < -0.4 is 4.74 Å². The van der Waals surface area contributed by atoms with Gasteiger partial charge in [-0.15, -0.1) is 0 Å². The lowest BCUT2D eigenvalue weighted by Crippen LogP contribution is -2.26. The molecule has 5 heteroatoms. The van der Waals surface area contributed by atoms with Crippen LogP contribution in [0.3, 0.4) is 0 Å². The molecule has 126 valence electrons. The van der Waals surface area contributed by atoms with Crippen molar-refractivity contribution in [1.82, 2.24) is 14.9 Å². The van der Waals surface area contributed by atoms with E-state index in [9.17, 15) is 5.11 Å². The van der Waals surface area contributed by atoms with Gasteiger partial charge < -0.3 is 14.8 Å². The number of aromatic nitrogens is 2. The maximum absolute atomic E-state index is 9.44. The maximum Gasteiger partial charge on any atom is 0.123 e. The zero-order chi connectivity index (χ0) is 16.7. The third-order valence-corrected chi connectivity index (χ3v) is 4.55. The highest BCUT2D eigenvalue weighted by atomic mass is 16.5. The Hall–Kier alpha value is -2.37. The third-order valence-electron chi connectivity index (χ3n) is 4.55. The Morgan fingerprint density at radius 3 is 2.96 bits per heavy atom. The highest BCUT2D eigenvalue weighted by Gasteiger charge is 2.16. The Morgan fingerprint density at radius 1 is 1.25 bits per heavy atom. The van der Waals surface area contributed by atoms with E-state index in [0.29, 0.717) is 13.2 Å². The van der Waals surface area contributed by atoms with Gasteiger partial charge in [0.2, 0.25) is 0 Å². The molecule has 1 aromatic heterocycles. The summed E-state index contributed by atoms with van der Waals surface area (Å²) in [6.45, 7) is 6.15. The van der Waals surface area contributed by atoms with Crippen molar-refractivity contribution in [3.05, 3.63) is 47.3 Å². The highest BCUT2D eigenvalue weighted by molar-refractivity contribution is 5.85. The van der Waals surface area contributed by atoms with Crippen molar-refractivity contribution < 1.29 is 11.3 Å². The number of H-pyrrole nitrogens is 1. The van der Waals surface area contributed by atoms with Crippen molar-refractivity contribution in [2.24, 2.45) is 0 Å². The SMILES string of the molecule is Cc1nc2c(C)cc(-c3ccc4c(c3)CN(CO)CCO4)cc2[nH]1.[HH]. The normalized spacial score (nSPS) is 15.1. The number of aryl methyl sites for hydroxylation is 2. The number of imidazole rings is 1. The van der Waals surface area contributed by atoms with Crippen molar-refractivity contribution >= 4 is 11.0 Å². The van der Waals surface area contributed by atoms with Crippen LogP contribution in [0.4, 0.5) is 0 Å². The number of aromatic amines is 1. The van der Waals surface area contributed by atoms with Gasteiger partial charge in [-0.25, -0.2) is 4.98 Å². The lowest BCUT2D eigenvalue weighted by atomic mass is 9.99.